The Bertz CT molecular complexity index is 457. The normalized spacial score (nSPS) is 14.8. The lowest BCUT2D eigenvalue weighted by atomic mass is 10.3. The van der Waals surface area contributed by atoms with Gasteiger partial charge in [-0.2, -0.15) is 0 Å². The van der Waals surface area contributed by atoms with Crippen LogP contribution >= 0.6 is 35.3 Å². The number of thiophene rings is 1. The monoisotopic (exact) mass is 436 g/mol. The number of hydrogen-bond donors (Lipinski definition) is 2. The third kappa shape index (κ3) is 6.42. The first-order chi connectivity index (χ1) is 10.3. The van der Waals surface area contributed by atoms with Crippen LogP contribution in [-0.2, 0) is 13.0 Å². The molecule has 1 aromatic heterocycles. The first-order valence-electron chi connectivity index (χ1n) is 8.03. The first kappa shape index (κ1) is 19.7. The number of aryl methyl sites for hydroxylation is 1. The molecular weight excluding hydrogens is 407 g/mol. The lowest BCUT2D eigenvalue weighted by Crippen LogP contribution is -2.41. The van der Waals surface area contributed by atoms with Crippen LogP contribution in [0.3, 0.4) is 0 Å². The summed E-state index contributed by atoms with van der Waals surface area (Å²) in [4.78, 5) is 9.65. The molecule has 1 aromatic rings. The molecule has 126 valence electrons. The Labute approximate surface area is 155 Å². The molecule has 1 aliphatic rings. The van der Waals surface area contributed by atoms with Crippen molar-refractivity contribution in [2.24, 2.45) is 4.99 Å². The van der Waals surface area contributed by atoms with Gasteiger partial charge in [-0.3, -0.25) is 9.89 Å². The summed E-state index contributed by atoms with van der Waals surface area (Å²) < 4.78 is 0. The highest BCUT2D eigenvalue weighted by molar-refractivity contribution is 14.0. The molecule has 0 atom stereocenters. The van der Waals surface area contributed by atoms with Gasteiger partial charge in [0.2, 0.25) is 0 Å². The molecule has 0 radical (unpaired) electrons. The second-order valence-electron chi connectivity index (χ2n) is 5.43. The van der Waals surface area contributed by atoms with Crippen LogP contribution in [0.1, 0.15) is 36.4 Å². The lowest BCUT2D eigenvalue weighted by Gasteiger charge is -2.20. The number of likely N-dealkylation sites (N-methyl/N-ethyl adjacent to an activating group) is 1. The number of rotatable bonds is 8. The molecule has 0 aliphatic heterocycles. The number of nitrogens with one attached hydrogen (secondary N) is 2. The fraction of sp³-hybridized carbons (Fsp3) is 0.688. The highest BCUT2D eigenvalue weighted by atomic mass is 127. The van der Waals surface area contributed by atoms with E-state index in [-0.39, 0.29) is 24.0 Å². The minimum Gasteiger partial charge on any atom is -0.355 e. The fourth-order valence-electron chi connectivity index (χ4n) is 2.46. The van der Waals surface area contributed by atoms with Crippen molar-refractivity contribution in [1.82, 2.24) is 15.5 Å². The molecule has 4 nitrogen and oxygen atoms in total. The number of guanidine groups is 1. The van der Waals surface area contributed by atoms with E-state index in [9.17, 15) is 0 Å². The van der Waals surface area contributed by atoms with Gasteiger partial charge < -0.3 is 10.6 Å². The Kier molecular flexibility index (Phi) is 9.35. The van der Waals surface area contributed by atoms with Gasteiger partial charge in [-0.15, -0.1) is 35.3 Å². The van der Waals surface area contributed by atoms with E-state index in [4.69, 9.17) is 0 Å². The summed E-state index contributed by atoms with van der Waals surface area (Å²) >= 11 is 1.88. The van der Waals surface area contributed by atoms with Gasteiger partial charge in [-0.25, -0.2) is 0 Å². The van der Waals surface area contributed by atoms with Crippen molar-refractivity contribution < 1.29 is 0 Å². The molecule has 22 heavy (non-hydrogen) atoms. The van der Waals surface area contributed by atoms with Crippen LogP contribution in [-0.4, -0.2) is 43.6 Å². The summed E-state index contributed by atoms with van der Waals surface area (Å²) in [5.74, 6) is 0.897. The van der Waals surface area contributed by atoms with Gasteiger partial charge in [-0.1, -0.05) is 13.8 Å². The minimum atomic E-state index is 0. The van der Waals surface area contributed by atoms with E-state index >= 15 is 0 Å². The molecule has 0 amide bonds. The van der Waals surface area contributed by atoms with E-state index in [1.165, 1.54) is 22.6 Å². The quantitative estimate of drug-likeness (QED) is 0.374. The Morgan fingerprint density at radius 3 is 2.55 bits per heavy atom. The zero-order chi connectivity index (χ0) is 15.1. The van der Waals surface area contributed by atoms with Gasteiger partial charge in [0.05, 0.1) is 6.54 Å². The molecule has 1 saturated carbocycles. The Morgan fingerprint density at radius 2 is 2.00 bits per heavy atom. The molecule has 0 aromatic carbocycles. The molecule has 0 saturated heterocycles. The Balaban J connectivity index is 0.00000242. The first-order valence-corrected chi connectivity index (χ1v) is 8.84. The van der Waals surface area contributed by atoms with Crippen LogP contribution in [0.2, 0.25) is 0 Å². The Morgan fingerprint density at radius 1 is 1.27 bits per heavy atom. The van der Waals surface area contributed by atoms with Gasteiger partial charge in [-0.05, 0) is 37.9 Å². The number of nitrogens with zero attached hydrogens (tertiary/aromatic N) is 2. The second kappa shape index (κ2) is 10.4. The topological polar surface area (TPSA) is 39.7 Å². The molecular formula is C16H29IN4S. The van der Waals surface area contributed by atoms with Gasteiger partial charge in [0, 0.05) is 35.9 Å². The Hall–Kier alpha value is -0.340. The van der Waals surface area contributed by atoms with Crippen molar-refractivity contribution in [3.05, 3.63) is 21.9 Å². The van der Waals surface area contributed by atoms with E-state index < -0.39 is 0 Å². The predicted molar refractivity (Wildman–Crippen MR) is 108 cm³/mol. The summed E-state index contributed by atoms with van der Waals surface area (Å²) in [6.07, 6.45) is 3.86. The molecule has 2 N–H and O–H groups in total. The van der Waals surface area contributed by atoms with Crippen molar-refractivity contribution in [2.45, 2.75) is 45.7 Å². The van der Waals surface area contributed by atoms with E-state index in [1.807, 2.05) is 18.4 Å². The zero-order valence-electron chi connectivity index (χ0n) is 13.9. The van der Waals surface area contributed by atoms with E-state index in [0.717, 1.165) is 44.6 Å². The average Bonchev–Trinajstić information content (AvgIpc) is 3.25. The van der Waals surface area contributed by atoms with Crippen LogP contribution in [0.15, 0.2) is 17.1 Å². The molecule has 2 rings (SSSR count). The summed E-state index contributed by atoms with van der Waals surface area (Å²) in [6, 6.07) is 5.26. The van der Waals surface area contributed by atoms with Gasteiger partial charge in [0.1, 0.15) is 0 Å². The molecule has 0 unspecified atom stereocenters. The predicted octanol–water partition coefficient (Wildman–Crippen LogP) is 3.08. The van der Waals surface area contributed by atoms with Crippen LogP contribution in [0.5, 0.6) is 0 Å². The third-order valence-corrected chi connectivity index (χ3v) is 5.11. The summed E-state index contributed by atoms with van der Waals surface area (Å²) in [6.45, 7) is 8.49. The van der Waals surface area contributed by atoms with E-state index in [1.54, 1.807) is 0 Å². The fourth-order valence-corrected chi connectivity index (χ4v) is 3.35. The van der Waals surface area contributed by atoms with Gasteiger partial charge in [0.15, 0.2) is 5.96 Å². The summed E-state index contributed by atoms with van der Waals surface area (Å²) in [7, 11) is 1.83. The van der Waals surface area contributed by atoms with Crippen molar-refractivity contribution in [3.8, 4) is 0 Å². The van der Waals surface area contributed by atoms with Gasteiger partial charge >= 0.3 is 0 Å². The van der Waals surface area contributed by atoms with Gasteiger partial charge in [0.25, 0.3) is 0 Å². The highest BCUT2D eigenvalue weighted by Crippen LogP contribution is 2.25. The van der Waals surface area contributed by atoms with Crippen molar-refractivity contribution in [1.29, 1.82) is 0 Å². The molecule has 1 aliphatic carbocycles. The maximum atomic E-state index is 4.29. The summed E-state index contributed by atoms with van der Waals surface area (Å²) in [5, 5.41) is 6.80. The van der Waals surface area contributed by atoms with Crippen LogP contribution in [0.25, 0.3) is 0 Å². The van der Waals surface area contributed by atoms with E-state index in [2.05, 4.69) is 46.5 Å². The standard InChI is InChI=1S/C16H28N4S.HI/c1-4-14-8-9-15(21-14)12-19-16(17-3)18-10-11-20(5-2)13-6-7-13;/h8-9,13H,4-7,10-12H2,1-3H3,(H2,17,18,19);1H. The minimum absolute atomic E-state index is 0. The lowest BCUT2D eigenvalue weighted by molar-refractivity contribution is 0.282. The maximum absolute atomic E-state index is 4.29. The number of halogens is 1. The molecule has 0 spiro atoms. The number of hydrogen-bond acceptors (Lipinski definition) is 3. The van der Waals surface area contributed by atoms with Crippen molar-refractivity contribution in [2.75, 3.05) is 26.7 Å². The highest BCUT2D eigenvalue weighted by Gasteiger charge is 2.27. The zero-order valence-corrected chi connectivity index (χ0v) is 17.0. The number of aliphatic imine (C=N–C) groups is 1. The summed E-state index contributed by atoms with van der Waals surface area (Å²) in [5.41, 5.74) is 0. The van der Waals surface area contributed by atoms with Crippen molar-refractivity contribution >= 4 is 41.3 Å². The smallest absolute Gasteiger partial charge is 0.191 e. The van der Waals surface area contributed by atoms with Crippen LogP contribution in [0.4, 0.5) is 0 Å². The molecule has 1 fully saturated rings. The SMILES string of the molecule is CCc1ccc(CNC(=NC)NCCN(CC)C2CC2)s1.I. The third-order valence-electron chi connectivity index (χ3n) is 3.88. The largest absolute Gasteiger partial charge is 0.355 e. The van der Waals surface area contributed by atoms with Crippen LogP contribution < -0.4 is 10.6 Å². The molecule has 1 heterocycles. The van der Waals surface area contributed by atoms with E-state index in [0.29, 0.717) is 0 Å². The van der Waals surface area contributed by atoms with Crippen molar-refractivity contribution in [3.63, 3.8) is 0 Å². The molecule has 6 heteroatoms. The average molecular weight is 436 g/mol. The molecule has 0 bridgehead atoms. The van der Waals surface area contributed by atoms with Crippen LogP contribution in [0, 0.1) is 0 Å². The maximum Gasteiger partial charge on any atom is 0.191 e. The second-order valence-corrected chi connectivity index (χ2v) is 6.69.